The minimum absolute atomic E-state index is 0.284. The number of carboxylic acid groups (broad SMARTS) is 1. The van der Waals surface area contributed by atoms with Crippen LogP contribution in [0.1, 0.15) is 32.6 Å². The topological polar surface area (TPSA) is 112 Å². The van der Waals surface area contributed by atoms with Crippen LogP contribution in [0.3, 0.4) is 0 Å². The van der Waals surface area contributed by atoms with Crippen molar-refractivity contribution in [1.82, 2.24) is 15.3 Å². The second kappa shape index (κ2) is 5.79. The summed E-state index contributed by atoms with van der Waals surface area (Å²) in [6, 6.07) is 7.51. The number of aromatic nitrogens is 2. The van der Waals surface area contributed by atoms with Crippen molar-refractivity contribution >= 4 is 18.2 Å². The first-order valence-electron chi connectivity index (χ1n) is 5.63. The summed E-state index contributed by atoms with van der Waals surface area (Å²) < 4.78 is 0. The molecule has 1 unspecified atom stereocenters. The van der Waals surface area contributed by atoms with Gasteiger partial charge >= 0.3 is 5.97 Å². The van der Waals surface area contributed by atoms with Gasteiger partial charge in [0.2, 0.25) is 6.29 Å². The number of benzene rings is 1. The van der Waals surface area contributed by atoms with Crippen LogP contribution in [0.15, 0.2) is 36.7 Å². The average Bonchev–Trinajstić information content (AvgIpc) is 2.95. The minimum Gasteiger partial charge on any atom is -0.477 e. The quantitative estimate of drug-likeness (QED) is 0.741. The maximum Gasteiger partial charge on any atom is 0.354 e. The molecule has 0 saturated carbocycles. The Morgan fingerprint density at radius 2 is 2.00 bits per heavy atom. The second-order valence-electron chi connectivity index (χ2n) is 3.87. The Hall–Kier alpha value is -2.96. The lowest BCUT2D eigenvalue weighted by Gasteiger charge is -2.11. The van der Waals surface area contributed by atoms with E-state index in [0.29, 0.717) is 5.56 Å². The van der Waals surface area contributed by atoms with Gasteiger partial charge in [-0.25, -0.2) is 9.78 Å². The van der Waals surface area contributed by atoms with Crippen LogP contribution < -0.4 is 5.32 Å². The van der Waals surface area contributed by atoms with E-state index in [-0.39, 0.29) is 11.4 Å². The number of hydrogen-bond donors (Lipinski definition) is 3. The molecular formula is C13H10N3O4. The van der Waals surface area contributed by atoms with Crippen molar-refractivity contribution in [1.29, 1.82) is 0 Å². The first-order valence-corrected chi connectivity index (χ1v) is 5.63. The fraction of sp³-hybridized carbons (Fsp3) is 0.0769. The van der Waals surface area contributed by atoms with Crippen LogP contribution in [0, 0.1) is 0 Å². The number of H-pyrrole nitrogens is 1. The molecule has 1 aromatic heterocycles. The third kappa shape index (κ3) is 2.72. The monoisotopic (exact) mass is 272 g/mol. The zero-order chi connectivity index (χ0) is 14.5. The lowest BCUT2D eigenvalue weighted by Crippen LogP contribution is -2.30. The van der Waals surface area contributed by atoms with E-state index in [1.54, 1.807) is 36.6 Å². The standard InChI is InChI=1S/C13H10N3O4/c17-6-9(8-4-2-1-3-5-8)16-12(18)10-11(13(19)20)15-7-14-10/h1-5,7,9H,(H,14,15)(H,16,18)(H,19,20). The Labute approximate surface area is 113 Å². The highest BCUT2D eigenvalue weighted by molar-refractivity contribution is 6.02. The molecule has 7 heteroatoms. The van der Waals surface area contributed by atoms with Crippen LogP contribution in [0.2, 0.25) is 0 Å². The van der Waals surface area contributed by atoms with Crippen LogP contribution in [-0.4, -0.2) is 33.2 Å². The third-order valence-electron chi connectivity index (χ3n) is 2.59. The van der Waals surface area contributed by atoms with Crippen LogP contribution in [0.5, 0.6) is 0 Å². The number of imidazole rings is 1. The molecule has 3 N–H and O–H groups in total. The predicted octanol–water partition coefficient (Wildman–Crippen LogP) is 0.689. The maximum atomic E-state index is 11.9. The van der Waals surface area contributed by atoms with Crippen LogP contribution >= 0.6 is 0 Å². The summed E-state index contributed by atoms with van der Waals surface area (Å²) in [7, 11) is 0. The summed E-state index contributed by atoms with van der Waals surface area (Å²) >= 11 is 0. The molecule has 1 aromatic carbocycles. The van der Waals surface area contributed by atoms with Crippen LogP contribution in [0.25, 0.3) is 0 Å². The molecule has 0 aliphatic heterocycles. The molecular weight excluding hydrogens is 262 g/mol. The van der Waals surface area contributed by atoms with Gasteiger partial charge in [0.1, 0.15) is 6.04 Å². The molecule has 1 atom stereocenters. The fourth-order valence-corrected chi connectivity index (χ4v) is 1.66. The van der Waals surface area contributed by atoms with E-state index in [1.165, 1.54) is 0 Å². The first-order chi connectivity index (χ1) is 9.63. The van der Waals surface area contributed by atoms with Gasteiger partial charge in [-0.2, -0.15) is 0 Å². The normalized spacial score (nSPS) is 11.6. The summed E-state index contributed by atoms with van der Waals surface area (Å²) in [6.45, 7) is 0. The van der Waals surface area contributed by atoms with Gasteiger partial charge < -0.3 is 15.4 Å². The summed E-state index contributed by atoms with van der Waals surface area (Å²) in [5.41, 5.74) is -0.0721. The van der Waals surface area contributed by atoms with Crippen molar-refractivity contribution in [3.8, 4) is 0 Å². The predicted molar refractivity (Wildman–Crippen MR) is 67.9 cm³/mol. The van der Waals surface area contributed by atoms with E-state index in [1.807, 2.05) is 0 Å². The minimum atomic E-state index is -1.31. The number of carbonyl (C=O) groups is 2. The molecule has 20 heavy (non-hydrogen) atoms. The Kier molecular flexibility index (Phi) is 3.90. The second-order valence-corrected chi connectivity index (χ2v) is 3.87. The van der Waals surface area contributed by atoms with E-state index >= 15 is 0 Å². The Morgan fingerprint density at radius 1 is 1.30 bits per heavy atom. The number of carbonyl (C=O) groups excluding carboxylic acids is 2. The Bertz CT molecular complexity index is 636. The van der Waals surface area contributed by atoms with Gasteiger partial charge in [-0.3, -0.25) is 9.59 Å². The fourth-order valence-electron chi connectivity index (χ4n) is 1.66. The van der Waals surface area contributed by atoms with Crippen molar-refractivity contribution in [2.45, 2.75) is 6.04 Å². The van der Waals surface area contributed by atoms with Gasteiger partial charge in [-0.1, -0.05) is 30.3 Å². The van der Waals surface area contributed by atoms with Crippen molar-refractivity contribution in [3.05, 3.63) is 53.6 Å². The van der Waals surface area contributed by atoms with Crippen molar-refractivity contribution in [3.63, 3.8) is 0 Å². The van der Waals surface area contributed by atoms with Crippen LogP contribution in [-0.2, 0) is 4.79 Å². The molecule has 1 heterocycles. The maximum absolute atomic E-state index is 11.9. The SMILES string of the molecule is O=[C]C(NC(=O)c1nc[nH]c1C(=O)O)c1ccccc1. The van der Waals surface area contributed by atoms with Crippen molar-refractivity contribution in [2.75, 3.05) is 0 Å². The van der Waals surface area contributed by atoms with Crippen molar-refractivity contribution < 1.29 is 19.5 Å². The molecule has 0 aliphatic rings. The van der Waals surface area contributed by atoms with Gasteiger partial charge in [0.25, 0.3) is 5.91 Å². The number of nitrogens with zero attached hydrogens (tertiary/aromatic N) is 1. The number of nitrogens with one attached hydrogen (secondary N) is 2. The lowest BCUT2D eigenvalue weighted by atomic mass is 10.1. The number of hydrogen-bond acceptors (Lipinski definition) is 4. The molecule has 2 aromatic rings. The summed E-state index contributed by atoms with van der Waals surface area (Å²) in [5, 5.41) is 11.3. The van der Waals surface area contributed by atoms with E-state index < -0.39 is 17.9 Å². The van der Waals surface area contributed by atoms with E-state index in [4.69, 9.17) is 5.11 Å². The molecule has 0 aliphatic carbocycles. The summed E-state index contributed by atoms with van der Waals surface area (Å²) in [4.78, 5) is 39.8. The molecule has 1 radical (unpaired) electrons. The molecule has 0 saturated heterocycles. The molecule has 0 fully saturated rings. The number of rotatable bonds is 5. The summed E-state index contributed by atoms with van der Waals surface area (Å²) in [6.07, 6.45) is 2.79. The number of aromatic amines is 1. The van der Waals surface area contributed by atoms with E-state index in [9.17, 15) is 14.4 Å². The molecule has 101 valence electrons. The number of amides is 1. The Balaban J connectivity index is 2.20. The van der Waals surface area contributed by atoms with Gasteiger partial charge in [0.05, 0.1) is 6.33 Å². The van der Waals surface area contributed by atoms with Crippen LogP contribution in [0.4, 0.5) is 0 Å². The highest BCUT2D eigenvalue weighted by Gasteiger charge is 2.22. The average molecular weight is 272 g/mol. The Morgan fingerprint density at radius 3 is 2.60 bits per heavy atom. The molecule has 1 amide bonds. The zero-order valence-corrected chi connectivity index (χ0v) is 10.2. The molecule has 0 bridgehead atoms. The number of aromatic carboxylic acids is 1. The van der Waals surface area contributed by atoms with Gasteiger partial charge in [-0.15, -0.1) is 0 Å². The number of carboxylic acids is 1. The van der Waals surface area contributed by atoms with E-state index in [0.717, 1.165) is 6.33 Å². The molecule has 7 nitrogen and oxygen atoms in total. The highest BCUT2D eigenvalue weighted by atomic mass is 16.4. The lowest BCUT2D eigenvalue weighted by molar-refractivity contribution is 0.0685. The smallest absolute Gasteiger partial charge is 0.354 e. The highest BCUT2D eigenvalue weighted by Crippen LogP contribution is 2.11. The first kappa shape index (κ1) is 13.5. The summed E-state index contributed by atoms with van der Waals surface area (Å²) in [5.74, 6) is -2.07. The van der Waals surface area contributed by atoms with Crippen molar-refractivity contribution in [2.24, 2.45) is 0 Å². The van der Waals surface area contributed by atoms with Gasteiger partial charge in [-0.05, 0) is 5.56 Å². The molecule has 0 spiro atoms. The largest absolute Gasteiger partial charge is 0.477 e. The van der Waals surface area contributed by atoms with Gasteiger partial charge in [0.15, 0.2) is 11.4 Å². The van der Waals surface area contributed by atoms with Gasteiger partial charge in [0, 0.05) is 0 Å². The third-order valence-corrected chi connectivity index (χ3v) is 2.59. The molecule has 2 rings (SSSR count). The zero-order valence-electron chi connectivity index (χ0n) is 10.2. The van der Waals surface area contributed by atoms with E-state index in [2.05, 4.69) is 15.3 Å².